The van der Waals surface area contributed by atoms with Crippen LogP contribution in [0.5, 0.6) is 0 Å². The quantitative estimate of drug-likeness (QED) is 0.590. The van der Waals surface area contributed by atoms with Crippen LogP contribution < -0.4 is 10.6 Å². The van der Waals surface area contributed by atoms with Crippen LogP contribution in [-0.4, -0.2) is 50.5 Å². The predicted octanol–water partition coefficient (Wildman–Crippen LogP) is 2.53. The van der Waals surface area contributed by atoms with Gasteiger partial charge >= 0.3 is 0 Å². The molecule has 1 amide bonds. The molecule has 0 radical (unpaired) electrons. The molecule has 2 rings (SSSR count). The number of hydrogen-bond acceptors (Lipinski definition) is 2. The second-order valence-corrected chi connectivity index (χ2v) is 7.09. The number of nitrogens with zero attached hydrogens (tertiary/aromatic N) is 2. The lowest BCUT2D eigenvalue weighted by Crippen LogP contribution is -2.45. The van der Waals surface area contributed by atoms with Crippen molar-refractivity contribution in [3.8, 4) is 0 Å². The van der Waals surface area contributed by atoms with E-state index in [1.165, 1.54) is 31.2 Å². The summed E-state index contributed by atoms with van der Waals surface area (Å²) in [5, 5.41) is 6.82. The van der Waals surface area contributed by atoms with Gasteiger partial charge in [-0.25, -0.2) is 4.99 Å². The number of guanidine groups is 1. The van der Waals surface area contributed by atoms with Crippen molar-refractivity contribution >= 4 is 11.9 Å². The van der Waals surface area contributed by atoms with Crippen LogP contribution in [0.25, 0.3) is 0 Å². The zero-order valence-electron chi connectivity index (χ0n) is 15.8. The van der Waals surface area contributed by atoms with Crippen molar-refractivity contribution in [3.63, 3.8) is 0 Å². The summed E-state index contributed by atoms with van der Waals surface area (Å²) in [6.07, 6.45) is 5.95. The minimum atomic E-state index is 0.0104. The van der Waals surface area contributed by atoms with Crippen LogP contribution in [0, 0.1) is 0 Å². The number of likely N-dealkylation sites (N-methyl/N-ethyl adjacent to an activating group) is 1. The first kappa shape index (κ1) is 19.3. The first-order valence-electron chi connectivity index (χ1n) is 9.35. The van der Waals surface area contributed by atoms with Crippen molar-refractivity contribution in [1.82, 2.24) is 15.5 Å². The Balaban J connectivity index is 2.06. The Kier molecular flexibility index (Phi) is 7.29. The van der Waals surface area contributed by atoms with E-state index in [9.17, 15) is 4.79 Å². The number of amides is 1. The van der Waals surface area contributed by atoms with Gasteiger partial charge < -0.3 is 15.5 Å². The standard InChI is InChI=1S/C20H32N4O/c1-4-14-21-19(22-15-18(25)24(2)3)23-16-20(12-8-9-13-20)17-10-6-5-7-11-17/h5-7,10-11H,4,8-9,12-16H2,1-3H3,(H2,21,22,23). The molecular weight excluding hydrogens is 312 g/mol. The predicted molar refractivity (Wildman–Crippen MR) is 104 cm³/mol. The molecular formula is C20H32N4O. The molecule has 0 aliphatic heterocycles. The Morgan fingerprint density at radius 3 is 2.44 bits per heavy atom. The Morgan fingerprint density at radius 1 is 1.16 bits per heavy atom. The maximum atomic E-state index is 11.8. The smallest absolute Gasteiger partial charge is 0.243 e. The molecule has 1 aliphatic rings. The molecule has 5 heteroatoms. The molecule has 0 heterocycles. The number of rotatable bonds is 7. The third kappa shape index (κ3) is 5.48. The molecule has 1 saturated carbocycles. The maximum absolute atomic E-state index is 11.8. The summed E-state index contributed by atoms with van der Waals surface area (Å²) in [4.78, 5) is 17.9. The largest absolute Gasteiger partial charge is 0.356 e. The van der Waals surface area contributed by atoms with Crippen molar-refractivity contribution in [2.75, 3.05) is 33.7 Å². The summed E-state index contributed by atoms with van der Waals surface area (Å²) in [5.74, 6) is 0.746. The molecule has 0 aromatic heterocycles. The fourth-order valence-electron chi connectivity index (χ4n) is 3.37. The molecule has 1 aromatic rings. The van der Waals surface area contributed by atoms with Crippen molar-refractivity contribution < 1.29 is 4.79 Å². The Hall–Kier alpha value is -2.04. The molecule has 0 saturated heterocycles. The molecule has 2 N–H and O–H groups in total. The van der Waals surface area contributed by atoms with Gasteiger partial charge in [0.1, 0.15) is 6.54 Å². The van der Waals surface area contributed by atoms with E-state index in [2.05, 4.69) is 52.9 Å². The molecule has 1 aliphatic carbocycles. The number of nitrogens with one attached hydrogen (secondary N) is 2. The van der Waals surface area contributed by atoms with Crippen molar-refractivity contribution in [3.05, 3.63) is 35.9 Å². The topological polar surface area (TPSA) is 56.7 Å². The molecule has 25 heavy (non-hydrogen) atoms. The van der Waals surface area contributed by atoms with Crippen LogP contribution >= 0.6 is 0 Å². The third-order valence-electron chi connectivity index (χ3n) is 4.95. The van der Waals surface area contributed by atoms with Gasteiger partial charge in [-0.15, -0.1) is 0 Å². The zero-order valence-corrected chi connectivity index (χ0v) is 15.8. The molecule has 0 bridgehead atoms. The van der Waals surface area contributed by atoms with Gasteiger partial charge in [-0.3, -0.25) is 4.79 Å². The number of hydrogen-bond donors (Lipinski definition) is 2. The van der Waals surface area contributed by atoms with Gasteiger partial charge in [0, 0.05) is 32.6 Å². The van der Waals surface area contributed by atoms with Crippen molar-refractivity contribution in [1.29, 1.82) is 0 Å². The van der Waals surface area contributed by atoms with Gasteiger partial charge in [0.15, 0.2) is 5.96 Å². The minimum Gasteiger partial charge on any atom is -0.356 e. The van der Waals surface area contributed by atoms with Gasteiger partial charge in [-0.05, 0) is 24.8 Å². The number of carbonyl (C=O) groups is 1. The van der Waals surface area contributed by atoms with Crippen molar-refractivity contribution in [2.45, 2.75) is 44.4 Å². The van der Waals surface area contributed by atoms with E-state index < -0.39 is 0 Å². The minimum absolute atomic E-state index is 0.0104. The fourth-order valence-corrected chi connectivity index (χ4v) is 3.37. The maximum Gasteiger partial charge on any atom is 0.243 e. The van der Waals surface area contributed by atoms with Gasteiger partial charge in [0.25, 0.3) is 0 Å². The van der Waals surface area contributed by atoms with Crippen LogP contribution in [0.1, 0.15) is 44.6 Å². The molecule has 0 atom stereocenters. The average Bonchev–Trinajstić information content (AvgIpc) is 3.11. The van der Waals surface area contributed by atoms with E-state index in [4.69, 9.17) is 0 Å². The summed E-state index contributed by atoms with van der Waals surface area (Å²) in [6, 6.07) is 10.8. The van der Waals surface area contributed by atoms with E-state index in [0.717, 1.165) is 25.5 Å². The van der Waals surface area contributed by atoms with Gasteiger partial charge in [-0.1, -0.05) is 50.1 Å². The van der Waals surface area contributed by atoms with E-state index in [-0.39, 0.29) is 17.9 Å². The van der Waals surface area contributed by atoms with Gasteiger partial charge in [0.2, 0.25) is 5.91 Å². The SMILES string of the molecule is CCCNC(=NCC(=O)N(C)C)NCC1(c2ccccc2)CCCC1. The molecule has 138 valence electrons. The van der Waals surface area contributed by atoms with E-state index in [1.54, 1.807) is 19.0 Å². The van der Waals surface area contributed by atoms with Crippen LogP contribution in [0.2, 0.25) is 0 Å². The fraction of sp³-hybridized carbons (Fsp3) is 0.600. The van der Waals surface area contributed by atoms with Gasteiger partial charge in [-0.2, -0.15) is 0 Å². The first-order valence-corrected chi connectivity index (χ1v) is 9.35. The van der Waals surface area contributed by atoms with Gasteiger partial charge in [0.05, 0.1) is 0 Å². The molecule has 1 aromatic carbocycles. The highest BCUT2D eigenvalue weighted by Crippen LogP contribution is 2.40. The Morgan fingerprint density at radius 2 is 1.84 bits per heavy atom. The summed E-state index contributed by atoms with van der Waals surface area (Å²) in [7, 11) is 3.51. The normalized spacial score (nSPS) is 16.5. The lowest BCUT2D eigenvalue weighted by molar-refractivity contribution is -0.127. The lowest BCUT2D eigenvalue weighted by Gasteiger charge is -2.31. The summed E-state index contributed by atoms with van der Waals surface area (Å²) in [5.41, 5.74) is 1.57. The highest BCUT2D eigenvalue weighted by molar-refractivity contribution is 5.84. The highest BCUT2D eigenvalue weighted by atomic mass is 16.2. The lowest BCUT2D eigenvalue weighted by atomic mass is 9.79. The van der Waals surface area contributed by atoms with Crippen molar-refractivity contribution in [2.24, 2.45) is 4.99 Å². The number of carbonyl (C=O) groups excluding carboxylic acids is 1. The van der Waals surface area contributed by atoms with Crippen LogP contribution in [0.15, 0.2) is 35.3 Å². The summed E-state index contributed by atoms with van der Waals surface area (Å²) >= 11 is 0. The second kappa shape index (κ2) is 9.44. The highest BCUT2D eigenvalue weighted by Gasteiger charge is 2.35. The first-order chi connectivity index (χ1) is 12.1. The van der Waals surface area contributed by atoms with E-state index >= 15 is 0 Å². The Labute approximate surface area is 151 Å². The molecule has 5 nitrogen and oxygen atoms in total. The number of aliphatic imine (C=N–C) groups is 1. The summed E-state index contributed by atoms with van der Waals surface area (Å²) < 4.78 is 0. The molecule has 0 spiro atoms. The third-order valence-corrected chi connectivity index (χ3v) is 4.95. The van der Waals surface area contributed by atoms with Crippen LogP contribution in [0.4, 0.5) is 0 Å². The Bertz CT molecular complexity index is 562. The van der Waals surface area contributed by atoms with E-state index in [1.807, 2.05) is 0 Å². The van der Waals surface area contributed by atoms with Crippen LogP contribution in [-0.2, 0) is 10.2 Å². The molecule has 0 unspecified atom stereocenters. The second-order valence-electron chi connectivity index (χ2n) is 7.09. The number of benzene rings is 1. The summed E-state index contributed by atoms with van der Waals surface area (Å²) in [6.45, 7) is 3.99. The molecule has 1 fully saturated rings. The zero-order chi connectivity index (χ0) is 18.1. The van der Waals surface area contributed by atoms with E-state index in [0.29, 0.717) is 0 Å². The van der Waals surface area contributed by atoms with Crippen LogP contribution in [0.3, 0.4) is 0 Å². The average molecular weight is 345 g/mol. The monoisotopic (exact) mass is 344 g/mol.